The third-order valence-electron chi connectivity index (χ3n) is 5.67. The van der Waals surface area contributed by atoms with E-state index in [9.17, 15) is 4.79 Å². The summed E-state index contributed by atoms with van der Waals surface area (Å²) in [4.78, 5) is 12.7. The van der Waals surface area contributed by atoms with Gasteiger partial charge in [0.05, 0.1) is 12.8 Å². The number of hydrogen-bond donors (Lipinski definition) is 1. The number of methoxy groups -OCH3 is 1. The fourth-order valence-corrected chi connectivity index (χ4v) is 3.98. The highest BCUT2D eigenvalue weighted by Crippen LogP contribution is 2.36. The summed E-state index contributed by atoms with van der Waals surface area (Å²) in [6.07, 6.45) is 6.16. The Labute approximate surface area is 176 Å². The second-order valence-electron chi connectivity index (χ2n) is 7.51. The summed E-state index contributed by atoms with van der Waals surface area (Å²) in [5.74, 6) is 1.05. The summed E-state index contributed by atoms with van der Waals surface area (Å²) in [5.41, 5.74) is 3.44. The SMILES string of the molecule is CCC(CC)c1cc[n+](CC(=O)Nc2cc3oc4ccccc4c3cc2OC)cc1. The van der Waals surface area contributed by atoms with E-state index in [0.717, 1.165) is 34.8 Å². The van der Waals surface area contributed by atoms with Crippen LogP contribution in [0.4, 0.5) is 5.69 Å². The van der Waals surface area contributed by atoms with E-state index in [1.807, 2.05) is 53.4 Å². The molecule has 4 rings (SSSR count). The van der Waals surface area contributed by atoms with Gasteiger partial charge in [0.15, 0.2) is 12.4 Å². The van der Waals surface area contributed by atoms with Gasteiger partial charge in [-0.25, -0.2) is 0 Å². The maximum absolute atomic E-state index is 12.7. The first-order valence-electron chi connectivity index (χ1n) is 10.4. The first-order valence-corrected chi connectivity index (χ1v) is 10.4. The molecule has 2 heterocycles. The molecule has 2 aromatic carbocycles. The molecule has 1 N–H and O–H groups in total. The molecule has 0 atom stereocenters. The van der Waals surface area contributed by atoms with Crippen LogP contribution in [0.5, 0.6) is 5.75 Å². The minimum atomic E-state index is -0.121. The number of ether oxygens (including phenoxy) is 1. The number of aromatic nitrogens is 1. The summed E-state index contributed by atoms with van der Waals surface area (Å²) in [7, 11) is 1.60. The van der Waals surface area contributed by atoms with Gasteiger partial charge in [-0.05, 0) is 36.5 Å². The van der Waals surface area contributed by atoms with Crippen LogP contribution in [-0.4, -0.2) is 13.0 Å². The van der Waals surface area contributed by atoms with Gasteiger partial charge in [-0.15, -0.1) is 0 Å². The highest BCUT2D eigenvalue weighted by atomic mass is 16.5. The van der Waals surface area contributed by atoms with Crippen molar-refractivity contribution in [2.45, 2.75) is 39.2 Å². The zero-order valence-corrected chi connectivity index (χ0v) is 17.6. The molecule has 0 aliphatic carbocycles. The number of anilines is 1. The quantitative estimate of drug-likeness (QED) is 0.419. The molecule has 4 aromatic rings. The van der Waals surface area contributed by atoms with Gasteiger partial charge in [-0.2, -0.15) is 4.57 Å². The van der Waals surface area contributed by atoms with E-state index in [2.05, 4.69) is 31.3 Å². The molecule has 0 aliphatic rings. The highest BCUT2D eigenvalue weighted by molar-refractivity contribution is 6.07. The minimum Gasteiger partial charge on any atom is -0.495 e. The predicted octanol–water partition coefficient (Wildman–Crippen LogP) is 5.42. The van der Waals surface area contributed by atoms with Crippen LogP contribution < -0.4 is 14.6 Å². The molecular formula is C25H27N2O3+. The second kappa shape index (κ2) is 8.57. The summed E-state index contributed by atoms with van der Waals surface area (Å²) in [6.45, 7) is 4.63. The van der Waals surface area contributed by atoms with Crippen LogP contribution in [-0.2, 0) is 11.3 Å². The van der Waals surface area contributed by atoms with Crippen molar-refractivity contribution in [2.75, 3.05) is 12.4 Å². The van der Waals surface area contributed by atoms with Gasteiger partial charge in [0, 0.05) is 29.0 Å². The molecule has 0 unspecified atom stereocenters. The normalized spacial score (nSPS) is 11.3. The largest absolute Gasteiger partial charge is 0.495 e. The molecule has 2 aromatic heterocycles. The van der Waals surface area contributed by atoms with Crippen molar-refractivity contribution in [3.05, 3.63) is 66.5 Å². The molecule has 0 fully saturated rings. The maximum Gasteiger partial charge on any atom is 0.290 e. The van der Waals surface area contributed by atoms with Gasteiger partial charge in [0.2, 0.25) is 6.54 Å². The molecule has 0 radical (unpaired) electrons. The Morgan fingerprint density at radius 2 is 1.77 bits per heavy atom. The smallest absolute Gasteiger partial charge is 0.290 e. The molecule has 5 heteroatoms. The molecule has 0 spiro atoms. The van der Waals surface area contributed by atoms with Gasteiger partial charge < -0.3 is 14.5 Å². The van der Waals surface area contributed by atoms with Crippen molar-refractivity contribution in [1.29, 1.82) is 0 Å². The maximum atomic E-state index is 12.7. The van der Waals surface area contributed by atoms with E-state index in [0.29, 0.717) is 17.4 Å². The molecule has 1 amide bonds. The fourth-order valence-electron chi connectivity index (χ4n) is 3.98. The van der Waals surface area contributed by atoms with Crippen LogP contribution in [0.3, 0.4) is 0 Å². The number of carbonyl (C=O) groups excluding carboxylic acids is 1. The van der Waals surface area contributed by atoms with Gasteiger partial charge in [0.1, 0.15) is 16.9 Å². The lowest BCUT2D eigenvalue weighted by molar-refractivity contribution is -0.684. The van der Waals surface area contributed by atoms with Crippen molar-refractivity contribution in [3.8, 4) is 5.75 Å². The van der Waals surface area contributed by atoms with Crippen molar-refractivity contribution in [3.63, 3.8) is 0 Å². The molecule has 0 bridgehead atoms. The third kappa shape index (κ3) is 3.88. The van der Waals surface area contributed by atoms with E-state index < -0.39 is 0 Å². The van der Waals surface area contributed by atoms with E-state index in [1.54, 1.807) is 7.11 Å². The standard InChI is InChI=1S/C25H26N2O3/c1-4-17(5-2)18-10-12-27(13-11-18)16-25(28)26-21-15-23-20(14-24(21)29-3)19-8-6-7-9-22(19)30-23/h6-15,17H,4-5,16H2,1-3H3/p+1. The summed E-state index contributed by atoms with van der Waals surface area (Å²) >= 11 is 0. The molecule has 154 valence electrons. The second-order valence-corrected chi connectivity index (χ2v) is 7.51. The Morgan fingerprint density at radius 3 is 2.47 bits per heavy atom. The van der Waals surface area contributed by atoms with Crippen LogP contribution in [0.25, 0.3) is 21.9 Å². The van der Waals surface area contributed by atoms with Crippen molar-refractivity contribution < 1.29 is 18.5 Å². The Bertz CT molecular complexity index is 1170. The zero-order valence-electron chi connectivity index (χ0n) is 17.6. The molecule has 0 saturated heterocycles. The first kappa shape index (κ1) is 20.0. The molecule has 0 aliphatic heterocycles. The number of fused-ring (bicyclic) bond motifs is 3. The number of pyridine rings is 1. The predicted molar refractivity (Wildman–Crippen MR) is 119 cm³/mol. The van der Waals surface area contributed by atoms with Gasteiger partial charge in [0.25, 0.3) is 5.91 Å². The van der Waals surface area contributed by atoms with Gasteiger partial charge in [-0.3, -0.25) is 4.79 Å². The number of rotatable bonds is 7. The lowest BCUT2D eigenvalue weighted by Gasteiger charge is -2.11. The number of nitrogens with zero attached hydrogens (tertiary/aromatic N) is 1. The number of para-hydroxylation sites is 1. The third-order valence-corrected chi connectivity index (χ3v) is 5.67. The Kier molecular flexibility index (Phi) is 5.70. The van der Waals surface area contributed by atoms with Crippen LogP contribution in [0, 0.1) is 0 Å². The van der Waals surface area contributed by atoms with E-state index in [1.165, 1.54) is 5.56 Å². The van der Waals surface area contributed by atoms with Crippen molar-refractivity contribution in [1.82, 2.24) is 0 Å². The highest BCUT2D eigenvalue weighted by Gasteiger charge is 2.17. The molecule has 0 saturated carbocycles. The Hall–Kier alpha value is -3.34. The van der Waals surface area contributed by atoms with E-state index in [4.69, 9.17) is 9.15 Å². The number of hydrogen-bond acceptors (Lipinski definition) is 3. The Balaban J connectivity index is 1.54. The topological polar surface area (TPSA) is 55.3 Å². The average molecular weight is 404 g/mol. The molecular weight excluding hydrogens is 376 g/mol. The number of nitrogens with one attached hydrogen (secondary N) is 1. The fraction of sp³-hybridized carbons (Fsp3) is 0.280. The van der Waals surface area contributed by atoms with Crippen LogP contribution >= 0.6 is 0 Å². The van der Waals surface area contributed by atoms with E-state index in [-0.39, 0.29) is 12.5 Å². The number of benzene rings is 2. The summed E-state index contributed by atoms with van der Waals surface area (Å²) in [5, 5.41) is 4.95. The number of furan rings is 1. The molecule has 5 nitrogen and oxygen atoms in total. The van der Waals surface area contributed by atoms with E-state index >= 15 is 0 Å². The van der Waals surface area contributed by atoms with Crippen molar-refractivity contribution >= 4 is 33.5 Å². The minimum absolute atomic E-state index is 0.121. The zero-order chi connectivity index (χ0) is 21.1. The van der Waals surface area contributed by atoms with Gasteiger partial charge >= 0.3 is 0 Å². The van der Waals surface area contributed by atoms with Crippen molar-refractivity contribution in [2.24, 2.45) is 0 Å². The van der Waals surface area contributed by atoms with Crippen LogP contribution in [0.15, 0.2) is 65.3 Å². The lowest BCUT2D eigenvalue weighted by atomic mass is 9.95. The van der Waals surface area contributed by atoms with Crippen LogP contribution in [0.1, 0.15) is 38.2 Å². The monoisotopic (exact) mass is 403 g/mol. The number of amides is 1. The van der Waals surface area contributed by atoms with Crippen LogP contribution in [0.2, 0.25) is 0 Å². The summed E-state index contributed by atoms with van der Waals surface area (Å²) < 4.78 is 13.3. The average Bonchev–Trinajstić information content (AvgIpc) is 3.12. The van der Waals surface area contributed by atoms with Gasteiger partial charge in [-0.1, -0.05) is 32.0 Å². The number of carbonyl (C=O) groups is 1. The molecule has 30 heavy (non-hydrogen) atoms. The summed E-state index contributed by atoms with van der Waals surface area (Å²) in [6, 6.07) is 15.8. The Morgan fingerprint density at radius 1 is 1.03 bits per heavy atom. The lowest BCUT2D eigenvalue weighted by Crippen LogP contribution is -2.39. The first-order chi connectivity index (χ1) is 14.6.